The third kappa shape index (κ3) is 3.74. The molecule has 2 fully saturated rings. The normalized spacial score (nSPS) is 27.0. The van der Waals surface area contributed by atoms with Crippen molar-refractivity contribution in [3.8, 4) is 0 Å². The lowest BCUT2D eigenvalue weighted by Gasteiger charge is -2.48. The molecule has 1 saturated heterocycles. The number of aromatic nitrogens is 3. The quantitative estimate of drug-likeness (QED) is 0.771. The number of aliphatic hydroxyl groups excluding tert-OH is 1. The molecule has 156 valence electrons. The molecular formula is C21H30N6O2. The van der Waals surface area contributed by atoms with Gasteiger partial charge in [0.2, 0.25) is 0 Å². The first kappa shape index (κ1) is 19.8. The van der Waals surface area contributed by atoms with Crippen LogP contribution in [0.1, 0.15) is 36.9 Å². The number of hydrogen-bond acceptors (Lipinski definition) is 5. The second-order valence-electron chi connectivity index (χ2n) is 8.56. The zero-order valence-corrected chi connectivity index (χ0v) is 17.2. The maximum absolute atomic E-state index is 12.7. The van der Waals surface area contributed by atoms with E-state index in [2.05, 4.69) is 65.0 Å². The van der Waals surface area contributed by atoms with Crippen LogP contribution in [-0.2, 0) is 18.6 Å². The first-order chi connectivity index (χ1) is 14.0. The van der Waals surface area contributed by atoms with Crippen molar-refractivity contribution in [1.82, 2.24) is 30.1 Å². The highest BCUT2D eigenvalue weighted by Gasteiger charge is 2.50. The van der Waals surface area contributed by atoms with Crippen molar-refractivity contribution < 1.29 is 9.90 Å². The van der Waals surface area contributed by atoms with Crippen LogP contribution in [-0.4, -0.2) is 68.7 Å². The number of carbonyl (C=O) groups excluding carboxylic acids is 1. The van der Waals surface area contributed by atoms with Gasteiger partial charge in [-0.25, -0.2) is 9.48 Å². The molecule has 0 radical (unpaired) electrons. The summed E-state index contributed by atoms with van der Waals surface area (Å²) in [7, 11) is 4.31. The van der Waals surface area contributed by atoms with Crippen molar-refractivity contribution in [2.75, 3.05) is 27.2 Å². The molecule has 0 bridgehead atoms. The second-order valence-corrected chi connectivity index (χ2v) is 8.56. The molecule has 2 N–H and O–H groups in total. The molecule has 1 saturated carbocycles. The van der Waals surface area contributed by atoms with Crippen LogP contribution in [0.5, 0.6) is 0 Å². The van der Waals surface area contributed by atoms with Crippen LogP contribution in [0.25, 0.3) is 0 Å². The van der Waals surface area contributed by atoms with Gasteiger partial charge < -0.3 is 15.3 Å². The van der Waals surface area contributed by atoms with Crippen molar-refractivity contribution >= 4 is 6.03 Å². The summed E-state index contributed by atoms with van der Waals surface area (Å²) in [4.78, 5) is 16.8. The zero-order valence-electron chi connectivity index (χ0n) is 17.2. The summed E-state index contributed by atoms with van der Waals surface area (Å²) in [6, 6.07) is 10.7. The van der Waals surface area contributed by atoms with Gasteiger partial charge in [-0.05, 0) is 45.3 Å². The molecule has 29 heavy (non-hydrogen) atoms. The molecule has 1 spiro atoms. The largest absolute Gasteiger partial charge is 0.394 e. The first-order valence-electron chi connectivity index (χ1n) is 10.3. The fraction of sp³-hybridized carbons (Fsp3) is 0.571. The van der Waals surface area contributed by atoms with E-state index in [0.717, 1.165) is 31.4 Å². The highest BCUT2D eigenvalue weighted by Crippen LogP contribution is 2.45. The molecule has 1 aromatic carbocycles. The van der Waals surface area contributed by atoms with E-state index in [0.29, 0.717) is 19.6 Å². The Morgan fingerprint density at radius 1 is 1.17 bits per heavy atom. The minimum Gasteiger partial charge on any atom is -0.394 e. The van der Waals surface area contributed by atoms with E-state index in [4.69, 9.17) is 5.11 Å². The Morgan fingerprint density at radius 2 is 1.90 bits per heavy atom. The smallest absolute Gasteiger partial charge is 0.318 e. The number of urea groups is 1. The Bertz CT molecular complexity index is 842. The van der Waals surface area contributed by atoms with Gasteiger partial charge in [0, 0.05) is 12.1 Å². The monoisotopic (exact) mass is 398 g/mol. The van der Waals surface area contributed by atoms with Crippen LogP contribution >= 0.6 is 0 Å². The summed E-state index contributed by atoms with van der Waals surface area (Å²) < 4.78 is 1.60. The Labute approximate surface area is 171 Å². The average molecular weight is 399 g/mol. The number of nitrogens with zero attached hydrogens (tertiary/aromatic N) is 5. The maximum Gasteiger partial charge on any atom is 0.318 e. The van der Waals surface area contributed by atoms with Crippen molar-refractivity contribution in [3.63, 3.8) is 0 Å². The van der Waals surface area contributed by atoms with Crippen LogP contribution in [0.4, 0.5) is 4.79 Å². The zero-order chi connectivity index (χ0) is 20.5. The molecule has 2 amide bonds. The number of benzene rings is 1. The molecule has 1 aliphatic carbocycles. The van der Waals surface area contributed by atoms with Gasteiger partial charge in [-0.15, -0.1) is 5.10 Å². The van der Waals surface area contributed by atoms with Crippen LogP contribution < -0.4 is 5.32 Å². The molecule has 8 nitrogen and oxygen atoms in total. The van der Waals surface area contributed by atoms with Crippen LogP contribution in [0.3, 0.4) is 0 Å². The fourth-order valence-electron chi connectivity index (χ4n) is 4.90. The number of carbonyl (C=O) groups is 1. The van der Waals surface area contributed by atoms with Gasteiger partial charge in [-0.3, -0.25) is 4.90 Å². The molecule has 1 aliphatic heterocycles. The van der Waals surface area contributed by atoms with Gasteiger partial charge in [0.05, 0.1) is 31.4 Å². The minimum atomic E-state index is -0.174. The predicted molar refractivity (Wildman–Crippen MR) is 109 cm³/mol. The van der Waals surface area contributed by atoms with E-state index in [1.807, 2.05) is 4.90 Å². The summed E-state index contributed by atoms with van der Waals surface area (Å²) >= 11 is 0. The summed E-state index contributed by atoms with van der Waals surface area (Å²) in [5.41, 5.74) is 1.93. The van der Waals surface area contributed by atoms with Crippen molar-refractivity contribution in [3.05, 3.63) is 47.8 Å². The van der Waals surface area contributed by atoms with Crippen molar-refractivity contribution in [2.45, 2.75) is 49.9 Å². The van der Waals surface area contributed by atoms with Crippen molar-refractivity contribution in [2.24, 2.45) is 0 Å². The van der Waals surface area contributed by atoms with Gasteiger partial charge in [0.1, 0.15) is 5.69 Å². The van der Waals surface area contributed by atoms with E-state index in [1.165, 1.54) is 5.56 Å². The summed E-state index contributed by atoms with van der Waals surface area (Å²) in [6.45, 7) is 1.56. The molecular weight excluding hydrogens is 368 g/mol. The fourth-order valence-corrected chi connectivity index (χ4v) is 4.90. The lowest BCUT2D eigenvalue weighted by atomic mass is 9.69. The van der Waals surface area contributed by atoms with E-state index in [1.54, 1.807) is 10.9 Å². The van der Waals surface area contributed by atoms with Crippen LogP contribution in [0.15, 0.2) is 36.5 Å². The van der Waals surface area contributed by atoms with Crippen LogP contribution in [0, 0.1) is 0 Å². The Balaban J connectivity index is 1.45. The van der Waals surface area contributed by atoms with Crippen LogP contribution in [0.2, 0.25) is 0 Å². The predicted octanol–water partition coefficient (Wildman–Crippen LogP) is 1.57. The third-order valence-electron chi connectivity index (χ3n) is 6.62. The number of hydrogen-bond donors (Lipinski definition) is 2. The van der Waals surface area contributed by atoms with Gasteiger partial charge in [-0.1, -0.05) is 35.5 Å². The number of nitrogens with one attached hydrogen (secondary N) is 1. The highest BCUT2D eigenvalue weighted by molar-refractivity contribution is 5.78. The topological polar surface area (TPSA) is 86.5 Å². The summed E-state index contributed by atoms with van der Waals surface area (Å²) in [6.07, 6.45) is 5.69. The number of rotatable bonds is 6. The molecule has 8 heteroatoms. The van der Waals surface area contributed by atoms with E-state index >= 15 is 0 Å². The molecule has 2 aliphatic rings. The number of amides is 2. The third-order valence-corrected chi connectivity index (χ3v) is 6.62. The van der Waals surface area contributed by atoms with Crippen molar-refractivity contribution in [1.29, 1.82) is 0 Å². The van der Waals surface area contributed by atoms with E-state index in [9.17, 15) is 4.79 Å². The van der Waals surface area contributed by atoms with Gasteiger partial charge in [0.15, 0.2) is 0 Å². The number of aliphatic hydroxyl groups is 1. The Morgan fingerprint density at radius 3 is 2.55 bits per heavy atom. The Kier molecular flexibility index (Phi) is 5.31. The van der Waals surface area contributed by atoms with Gasteiger partial charge in [0.25, 0.3) is 0 Å². The van der Waals surface area contributed by atoms with E-state index in [-0.39, 0.29) is 23.7 Å². The molecule has 4 rings (SSSR count). The average Bonchev–Trinajstić information content (AvgIpc) is 3.28. The van der Waals surface area contributed by atoms with E-state index < -0.39 is 0 Å². The Hall–Kier alpha value is -2.45. The van der Waals surface area contributed by atoms with Gasteiger partial charge in [-0.2, -0.15) is 0 Å². The summed E-state index contributed by atoms with van der Waals surface area (Å²) in [5, 5.41) is 20.4. The SMILES string of the molecule is CN(C)[C@]1(c2ccccc2)CC[C@@]2(CC1)CN(Cc1cn(CCO)nn1)C(=O)N2. The summed E-state index contributed by atoms with van der Waals surface area (Å²) in [5.74, 6) is 0. The lowest BCUT2D eigenvalue weighted by molar-refractivity contribution is 0.0617. The second kappa shape index (κ2) is 7.76. The standard InChI is InChI=1S/C21H30N6O2/c1-25(2)21(17-6-4-3-5-7-17)10-8-20(9-11-21)16-26(19(29)22-20)14-18-15-27(12-13-28)24-23-18/h3-7,15,28H,8-14,16H2,1-2H3,(H,22,29)/t20-,21-. The lowest BCUT2D eigenvalue weighted by Crippen LogP contribution is -2.54. The molecule has 2 heterocycles. The maximum atomic E-state index is 12.7. The first-order valence-corrected chi connectivity index (χ1v) is 10.3. The molecule has 1 aromatic heterocycles. The minimum absolute atomic E-state index is 0.0116. The molecule has 0 atom stereocenters. The molecule has 2 aromatic rings. The van der Waals surface area contributed by atoms with Gasteiger partial charge >= 0.3 is 6.03 Å². The molecule has 0 unspecified atom stereocenters. The highest BCUT2D eigenvalue weighted by atomic mass is 16.3.